The number of fused-ring (bicyclic) bond motifs is 2. The lowest BCUT2D eigenvalue weighted by Crippen LogP contribution is -2.55. The van der Waals surface area contributed by atoms with Crippen LogP contribution in [-0.4, -0.2) is 23.1 Å². The van der Waals surface area contributed by atoms with Crippen molar-refractivity contribution in [3.63, 3.8) is 0 Å². The van der Waals surface area contributed by atoms with Crippen LogP contribution in [0, 0.1) is 11.3 Å². The summed E-state index contributed by atoms with van der Waals surface area (Å²) in [4.78, 5) is 17.6. The van der Waals surface area contributed by atoms with Gasteiger partial charge in [-0.2, -0.15) is 0 Å². The van der Waals surface area contributed by atoms with Gasteiger partial charge in [0.1, 0.15) is 0 Å². The average Bonchev–Trinajstić information content (AvgIpc) is 2.74. The molecule has 114 valence electrons. The SMILES string of the molecule is CC1=C[C@]23CC(C)(C)N=C2c2ccccc2N[C@@H]3[C@H](C)C1=O. The number of rotatable bonds is 0. The smallest absolute Gasteiger partial charge is 0.163 e. The van der Waals surface area contributed by atoms with Crippen molar-refractivity contribution in [1.82, 2.24) is 0 Å². The number of nitrogens with zero attached hydrogens (tertiary/aromatic N) is 1. The molecule has 3 heteroatoms. The van der Waals surface area contributed by atoms with Gasteiger partial charge in [-0.05, 0) is 38.8 Å². The molecule has 0 saturated carbocycles. The van der Waals surface area contributed by atoms with Crippen LogP contribution in [0.2, 0.25) is 0 Å². The fourth-order valence-electron chi connectivity index (χ4n) is 4.67. The molecule has 0 saturated heterocycles. The zero-order chi connectivity index (χ0) is 15.7. The van der Waals surface area contributed by atoms with Gasteiger partial charge >= 0.3 is 0 Å². The van der Waals surface area contributed by atoms with E-state index >= 15 is 0 Å². The Hall–Kier alpha value is -1.90. The van der Waals surface area contributed by atoms with Crippen molar-refractivity contribution in [3.8, 4) is 0 Å². The molecule has 0 fully saturated rings. The molecule has 1 N–H and O–H groups in total. The van der Waals surface area contributed by atoms with E-state index in [1.165, 1.54) is 5.56 Å². The first kappa shape index (κ1) is 13.7. The fourth-order valence-corrected chi connectivity index (χ4v) is 4.67. The molecular weight excluding hydrogens is 272 g/mol. The Morgan fingerprint density at radius 3 is 2.77 bits per heavy atom. The third kappa shape index (κ3) is 1.62. The molecule has 2 aliphatic heterocycles. The van der Waals surface area contributed by atoms with Crippen LogP contribution in [-0.2, 0) is 4.79 Å². The van der Waals surface area contributed by atoms with Gasteiger partial charge in [0.25, 0.3) is 0 Å². The number of nitrogens with one attached hydrogen (secondary N) is 1. The van der Waals surface area contributed by atoms with Gasteiger partial charge in [-0.15, -0.1) is 0 Å². The van der Waals surface area contributed by atoms with Crippen LogP contribution >= 0.6 is 0 Å². The van der Waals surface area contributed by atoms with E-state index in [4.69, 9.17) is 4.99 Å². The van der Waals surface area contributed by atoms with E-state index < -0.39 is 0 Å². The van der Waals surface area contributed by atoms with E-state index in [2.05, 4.69) is 50.4 Å². The van der Waals surface area contributed by atoms with E-state index in [1.54, 1.807) is 0 Å². The van der Waals surface area contributed by atoms with E-state index in [-0.39, 0.29) is 28.7 Å². The number of ketones is 1. The normalized spacial score (nSPS) is 34.8. The first-order chi connectivity index (χ1) is 10.3. The molecule has 0 aromatic heterocycles. The van der Waals surface area contributed by atoms with Crippen molar-refractivity contribution in [2.45, 2.75) is 45.7 Å². The summed E-state index contributed by atoms with van der Waals surface area (Å²) in [5, 5.41) is 3.65. The molecule has 3 aliphatic rings. The molecule has 1 aromatic carbocycles. The van der Waals surface area contributed by atoms with Gasteiger partial charge in [0.2, 0.25) is 0 Å². The highest BCUT2D eigenvalue weighted by Gasteiger charge is 2.57. The molecule has 1 aliphatic carbocycles. The summed E-state index contributed by atoms with van der Waals surface area (Å²) in [6.07, 6.45) is 3.15. The Balaban J connectivity index is 2.01. The maximum atomic E-state index is 12.5. The molecule has 0 unspecified atom stereocenters. The number of anilines is 1. The number of carbonyl (C=O) groups excluding carboxylic acids is 1. The van der Waals surface area contributed by atoms with Gasteiger partial charge in [-0.1, -0.05) is 31.2 Å². The van der Waals surface area contributed by atoms with Crippen molar-refractivity contribution >= 4 is 17.2 Å². The van der Waals surface area contributed by atoms with Crippen molar-refractivity contribution in [1.29, 1.82) is 0 Å². The zero-order valence-electron chi connectivity index (χ0n) is 13.6. The summed E-state index contributed by atoms with van der Waals surface area (Å²) in [5.41, 5.74) is 4.09. The summed E-state index contributed by atoms with van der Waals surface area (Å²) in [6, 6.07) is 8.44. The van der Waals surface area contributed by atoms with Crippen LogP contribution in [0.5, 0.6) is 0 Å². The third-order valence-electron chi connectivity index (χ3n) is 5.40. The number of carbonyl (C=O) groups is 1. The monoisotopic (exact) mass is 294 g/mol. The number of aliphatic imine (C=N–C) groups is 1. The highest BCUT2D eigenvalue weighted by Crippen LogP contribution is 2.54. The van der Waals surface area contributed by atoms with Crippen LogP contribution in [0.1, 0.15) is 39.7 Å². The molecule has 3 nitrogen and oxygen atoms in total. The number of hydrogen-bond donors (Lipinski definition) is 1. The number of hydrogen-bond acceptors (Lipinski definition) is 3. The highest BCUT2D eigenvalue weighted by atomic mass is 16.1. The number of allylic oxidation sites excluding steroid dienone is 1. The minimum Gasteiger partial charge on any atom is -0.380 e. The lowest BCUT2D eigenvalue weighted by atomic mass is 9.60. The van der Waals surface area contributed by atoms with Gasteiger partial charge in [-0.3, -0.25) is 9.79 Å². The minimum atomic E-state index is -0.157. The Kier molecular flexibility index (Phi) is 2.56. The Morgan fingerprint density at radius 2 is 2.00 bits per heavy atom. The maximum Gasteiger partial charge on any atom is 0.163 e. The van der Waals surface area contributed by atoms with Gasteiger partial charge < -0.3 is 5.32 Å². The van der Waals surface area contributed by atoms with Crippen LogP contribution in [0.15, 0.2) is 40.9 Å². The minimum absolute atomic E-state index is 0.0301. The van der Waals surface area contributed by atoms with E-state index in [9.17, 15) is 4.79 Å². The molecule has 0 bridgehead atoms. The first-order valence-corrected chi connectivity index (χ1v) is 8.04. The molecule has 0 amide bonds. The van der Waals surface area contributed by atoms with E-state index in [0.29, 0.717) is 0 Å². The summed E-state index contributed by atoms with van der Waals surface area (Å²) in [5.74, 6) is 0.226. The zero-order valence-corrected chi connectivity index (χ0v) is 13.6. The topological polar surface area (TPSA) is 41.5 Å². The summed E-state index contributed by atoms with van der Waals surface area (Å²) < 4.78 is 0. The largest absolute Gasteiger partial charge is 0.380 e. The summed E-state index contributed by atoms with van der Waals surface area (Å²) >= 11 is 0. The second-order valence-corrected chi connectivity index (χ2v) is 7.64. The van der Waals surface area contributed by atoms with E-state index in [1.807, 2.05) is 13.0 Å². The fraction of sp³-hybridized carbons (Fsp3) is 0.474. The second kappa shape index (κ2) is 4.09. The molecule has 2 heterocycles. The first-order valence-electron chi connectivity index (χ1n) is 8.04. The predicted molar refractivity (Wildman–Crippen MR) is 89.4 cm³/mol. The molecule has 4 rings (SSSR count). The Morgan fingerprint density at radius 1 is 1.27 bits per heavy atom. The second-order valence-electron chi connectivity index (χ2n) is 7.64. The van der Waals surface area contributed by atoms with Crippen LogP contribution < -0.4 is 5.32 Å². The predicted octanol–water partition coefficient (Wildman–Crippen LogP) is 3.60. The average molecular weight is 294 g/mol. The number of benzene rings is 1. The van der Waals surface area contributed by atoms with Crippen LogP contribution in [0.3, 0.4) is 0 Å². The van der Waals surface area contributed by atoms with Crippen LogP contribution in [0.25, 0.3) is 0 Å². The molecule has 22 heavy (non-hydrogen) atoms. The number of Topliss-reactive ketones (excluding diaryl/α,β-unsaturated/α-hetero) is 1. The standard InChI is InChI=1S/C19H22N2O/c1-11-9-19-10-18(3,4)21-17(19)13-7-5-6-8-14(13)20-16(19)12(2)15(11)22/h5-9,12,16,20H,10H2,1-4H3/t12-,16-,19-/m1/s1. The van der Waals surface area contributed by atoms with Gasteiger partial charge in [0.15, 0.2) is 5.78 Å². The van der Waals surface area contributed by atoms with Crippen molar-refractivity contribution in [2.24, 2.45) is 16.3 Å². The Labute approximate surface area is 131 Å². The van der Waals surface area contributed by atoms with Crippen molar-refractivity contribution in [3.05, 3.63) is 41.5 Å². The third-order valence-corrected chi connectivity index (χ3v) is 5.40. The molecule has 1 spiro atoms. The summed E-state index contributed by atoms with van der Waals surface area (Å²) in [7, 11) is 0. The van der Waals surface area contributed by atoms with E-state index in [0.717, 1.165) is 23.4 Å². The van der Waals surface area contributed by atoms with Gasteiger partial charge in [0, 0.05) is 17.2 Å². The molecule has 3 atom stereocenters. The van der Waals surface area contributed by atoms with Crippen molar-refractivity contribution in [2.75, 3.05) is 5.32 Å². The molecule has 1 aromatic rings. The Bertz CT molecular complexity index is 744. The highest BCUT2D eigenvalue weighted by molar-refractivity contribution is 6.15. The maximum absolute atomic E-state index is 12.5. The lowest BCUT2D eigenvalue weighted by molar-refractivity contribution is -0.120. The quantitative estimate of drug-likeness (QED) is 0.794. The molecule has 0 radical (unpaired) electrons. The van der Waals surface area contributed by atoms with Gasteiger partial charge in [-0.25, -0.2) is 0 Å². The van der Waals surface area contributed by atoms with Crippen molar-refractivity contribution < 1.29 is 4.79 Å². The van der Waals surface area contributed by atoms with Gasteiger partial charge in [0.05, 0.1) is 22.7 Å². The van der Waals surface area contributed by atoms with Crippen LogP contribution in [0.4, 0.5) is 5.69 Å². The summed E-state index contributed by atoms with van der Waals surface area (Å²) in [6.45, 7) is 8.39. The molecular formula is C19H22N2O. The number of para-hydroxylation sites is 1. The lowest BCUT2D eigenvalue weighted by Gasteiger charge is -2.48.